The number of aromatic nitrogens is 2. The number of anilines is 1. The van der Waals surface area contributed by atoms with Gasteiger partial charge in [0.1, 0.15) is 27.6 Å². The first-order valence-corrected chi connectivity index (χ1v) is 15.1. The predicted molar refractivity (Wildman–Crippen MR) is 160 cm³/mol. The third kappa shape index (κ3) is 8.61. The summed E-state index contributed by atoms with van der Waals surface area (Å²) in [5, 5.41) is 3.13. The fourth-order valence-electron chi connectivity index (χ4n) is 4.80. The molecule has 1 saturated heterocycles. The van der Waals surface area contributed by atoms with Gasteiger partial charge in [-0.1, -0.05) is 12.1 Å². The molecule has 3 aromatic rings. The lowest BCUT2D eigenvalue weighted by molar-refractivity contribution is -0.138. The SMILES string of the molecule is CSc1cncc(/C(F)=C/c2ccc(Oc3ccccc3F)c(C(F)(F)F)c2N2CCC[C@@H](CNC(=O)OC(C)(C)C)C2)n1. The number of thioether (sulfide) groups is 1. The van der Waals surface area contributed by atoms with Crippen molar-refractivity contribution in [1.82, 2.24) is 15.3 Å². The highest BCUT2D eigenvalue weighted by atomic mass is 32.2. The van der Waals surface area contributed by atoms with Gasteiger partial charge in [-0.25, -0.2) is 18.6 Å². The fourth-order valence-corrected chi connectivity index (χ4v) is 5.16. The lowest BCUT2D eigenvalue weighted by Gasteiger charge is -2.37. The molecule has 2 aromatic carbocycles. The number of amides is 1. The minimum atomic E-state index is -4.96. The summed E-state index contributed by atoms with van der Waals surface area (Å²) in [4.78, 5) is 21.9. The molecular formula is C31H33F5N4O3S. The van der Waals surface area contributed by atoms with Crippen molar-refractivity contribution in [1.29, 1.82) is 0 Å². The van der Waals surface area contributed by atoms with Crippen LogP contribution in [-0.4, -0.2) is 47.6 Å². The number of alkyl halides is 3. The highest BCUT2D eigenvalue weighted by Gasteiger charge is 2.41. The van der Waals surface area contributed by atoms with Crippen LogP contribution in [0.5, 0.6) is 11.5 Å². The molecule has 0 saturated carbocycles. The van der Waals surface area contributed by atoms with E-state index in [2.05, 4.69) is 15.3 Å². The number of hydrogen-bond donors (Lipinski definition) is 1. The van der Waals surface area contributed by atoms with Crippen LogP contribution in [0, 0.1) is 11.7 Å². The summed E-state index contributed by atoms with van der Waals surface area (Å²) in [5.41, 5.74) is -2.42. The Labute approximate surface area is 256 Å². The molecule has 2 heterocycles. The number of halogens is 5. The molecule has 1 aliphatic rings. The molecule has 0 radical (unpaired) electrons. The van der Waals surface area contributed by atoms with Gasteiger partial charge in [-0.15, -0.1) is 11.8 Å². The summed E-state index contributed by atoms with van der Waals surface area (Å²) in [6, 6.07) is 7.48. The summed E-state index contributed by atoms with van der Waals surface area (Å²) in [6.07, 6.45) is 0.893. The van der Waals surface area contributed by atoms with Crippen molar-refractivity contribution in [2.45, 2.75) is 50.4 Å². The number of carbonyl (C=O) groups excluding carboxylic acids is 1. The van der Waals surface area contributed by atoms with Gasteiger partial charge >= 0.3 is 12.3 Å². The van der Waals surface area contributed by atoms with E-state index in [-0.39, 0.29) is 48.2 Å². The van der Waals surface area contributed by atoms with Gasteiger partial charge in [0.2, 0.25) is 0 Å². The Bertz CT molecular complexity index is 1510. The Morgan fingerprint density at radius 1 is 1.14 bits per heavy atom. The van der Waals surface area contributed by atoms with Crippen molar-refractivity contribution in [3.05, 3.63) is 71.4 Å². The number of para-hydroxylation sites is 1. The third-order valence-electron chi connectivity index (χ3n) is 6.63. The minimum Gasteiger partial charge on any atom is -0.454 e. The van der Waals surface area contributed by atoms with Crippen LogP contribution in [-0.2, 0) is 10.9 Å². The maximum absolute atomic E-state index is 15.5. The maximum atomic E-state index is 15.5. The molecule has 0 spiro atoms. The first kappa shape index (κ1) is 33.0. The van der Waals surface area contributed by atoms with E-state index >= 15 is 4.39 Å². The number of hydrogen-bond acceptors (Lipinski definition) is 7. The molecule has 0 bridgehead atoms. The first-order chi connectivity index (χ1) is 20.7. The molecule has 44 heavy (non-hydrogen) atoms. The summed E-state index contributed by atoms with van der Waals surface area (Å²) in [7, 11) is 0. The lowest BCUT2D eigenvalue weighted by atomic mass is 9.94. The molecule has 13 heteroatoms. The fraction of sp³-hybridized carbons (Fsp3) is 0.387. The second-order valence-corrected chi connectivity index (χ2v) is 12.0. The summed E-state index contributed by atoms with van der Waals surface area (Å²) in [5.74, 6) is -2.98. The molecule has 1 aliphatic heterocycles. The topological polar surface area (TPSA) is 76.6 Å². The summed E-state index contributed by atoms with van der Waals surface area (Å²) in [6.45, 7) is 5.67. The maximum Gasteiger partial charge on any atom is 0.422 e. The van der Waals surface area contributed by atoms with E-state index < -0.39 is 40.8 Å². The van der Waals surface area contributed by atoms with E-state index in [4.69, 9.17) is 9.47 Å². The van der Waals surface area contributed by atoms with E-state index in [1.165, 1.54) is 53.3 Å². The van der Waals surface area contributed by atoms with Crippen molar-refractivity contribution >= 4 is 35.4 Å². The van der Waals surface area contributed by atoms with Crippen LogP contribution in [0.2, 0.25) is 0 Å². The zero-order valence-electron chi connectivity index (χ0n) is 24.7. The van der Waals surface area contributed by atoms with Crippen LogP contribution in [0.1, 0.15) is 50.4 Å². The van der Waals surface area contributed by atoms with Gasteiger partial charge in [-0.3, -0.25) is 4.98 Å². The molecular weight excluding hydrogens is 603 g/mol. The smallest absolute Gasteiger partial charge is 0.422 e. The molecule has 7 nitrogen and oxygen atoms in total. The zero-order chi connectivity index (χ0) is 32.1. The van der Waals surface area contributed by atoms with Crippen LogP contribution >= 0.6 is 11.8 Å². The highest BCUT2D eigenvalue weighted by molar-refractivity contribution is 7.98. The minimum absolute atomic E-state index is 0.0761. The van der Waals surface area contributed by atoms with Crippen molar-refractivity contribution in [3.8, 4) is 11.5 Å². The van der Waals surface area contributed by atoms with Gasteiger partial charge in [-0.2, -0.15) is 13.2 Å². The molecule has 0 aliphatic carbocycles. The van der Waals surface area contributed by atoms with Crippen LogP contribution in [0.3, 0.4) is 0 Å². The largest absolute Gasteiger partial charge is 0.454 e. The Morgan fingerprint density at radius 2 is 1.89 bits per heavy atom. The van der Waals surface area contributed by atoms with E-state index in [1.54, 1.807) is 27.0 Å². The molecule has 1 N–H and O–H groups in total. The normalized spacial score (nSPS) is 16.1. The predicted octanol–water partition coefficient (Wildman–Crippen LogP) is 8.36. The quantitative estimate of drug-likeness (QED) is 0.197. The lowest BCUT2D eigenvalue weighted by Crippen LogP contribution is -2.43. The Morgan fingerprint density at radius 3 is 2.57 bits per heavy atom. The molecule has 1 amide bonds. The highest BCUT2D eigenvalue weighted by Crippen LogP contribution is 2.47. The Kier molecular flexibility index (Phi) is 10.4. The number of benzene rings is 2. The Hall–Kier alpha value is -3.87. The number of rotatable bonds is 8. The molecule has 0 unspecified atom stereocenters. The van der Waals surface area contributed by atoms with Crippen molar-refractivity contribution in [2.75, 3.05) is 30.8 Å². The second-order valence-electron chi connectivity index (χ2n) is 11.2. The van der Waals surface area contributed by atoms with Gasteiger partial charge < -0.3 is 19.7 Å². The molecule has 1 atom stereocenters. The van der Waals surface area contributed by atoms with E-state index in [1.807, 2.05) is 0 Å². The van der Waals surface area contributed by atoms with Gasteiger partial charge in [0, 0.05) is 25.2 Å². The number of carbonyl (C=O) groups is 1. The van der Waals surface area contributed by atoms with Crippen LogP contribution < -0.4 is 15.0 Å². The average molecular weight is 637 g/mol. The van der Waals surface area contributed by atoms with E-state index in [9.17, 15) is 22.4 Å². The van der Waals surface area contributed by atoms with Crippen molar-refractivity contribution in [3.63, 3.8) is 0 Å². The van der Waals surface area contributed by atoms with Gasteiger partial charge in [-0.05, 0) is 76.1 Å². The van der Waals surface area contributed by atoms with Crippen LogP contribution in [0.4, 0.5) is 32.4 Å². The van der Waals surface area contributed by atoms with Gasteiger partial charge in [0.25, 0.3) is 0 Å². The van der Waals surface area contributed by atoms with Gasteiger partial charge in [0.15, 0.2) is 17.4 Å². The number of alkyl carbamates (subject to hydrolysis) is 1. The van der Waals surface area contributed by atoms with Crippen molar-refractivity contribution < 1.29 is 36.2 Å². The monoisotopic (exact) mass is 636 g/mol. The molecule has 236 valence electrons. The number of piperidine rings is 1. The first-order valence-electron chi connectivity index (χ1n) is 13.9. The zero-order valence-corrected chi connectivity index (χ0v) is 25.5. The van der Waals surface area contributed by atoms with Crippen molar-refractivity contribution in [2.24, 2.45) is 5.92 Å². The summed E-state index contributed by atoms with van der Waals surface area (Å²) < 4.78 is 85.5. The average Bonchev–Trinajstić information content (AvgIpc) is 2.96. The van der Waals surface area contributed by atoms with E-state index in [0.717, 1.165) is 18.2 Å². The molecule has 1 aromatic heterocycles. The molecule has 1 fully saturated rings. The van der Waals surface area contributed by atoms with Gasteiger partial charge in [0.05, 0.1) is 18.1 Å². The third-order valence-corrected chi connectivity index (χ3v) is 7.24. The number of nitrogens with zero attached hydrogens (tertiary/aromatic N) is 3. The summed E-state index contributed by atoms with van der Waals surface area (Å²) >= 11 is 1.24. The van der Waals surface area contributed by atoms with E-state index in [0.29, 0.717) is 17.9 Å². The Balaban J connectivity index is 1.78. The molecule has 4 rings (SSSR count). The standard InChI is InChI=1S/C31H33F5N4O3S/c1-30(2,3)43-29(41)38-15-19-8-7-13-40(18-19)28-20(14-22(33)23-16-37-17-26(39-23)44-4)11-12-25(27(28)31(34,35)36)42-24-10-6-5-9-21(24)32/h5-6,9-12,14,16-17,19H,7-8,13,15,18H2,1-4H3,(H,38,41)/b22-14-/t19-/m0/s1. The number of ether oxygens (including phenoxy) is 2. The second kappa shape index (κ2) is 13.8. The van der Waals surface area contributed by atoms with Crippen LogP contribution in [0.15, 0.2) is 53.8 Å². The number of nitrogens with one attached hydrogen (secondary N) is 1. The van der Waals surface area contributed by atoms with Crippen LogP contribution in [0.25, 0.3) is 11.9 Å².